The summed E-state index contributed by atoms with van der Waals surface area (Å²) in [4.78, 5) is 10.8. The third-order valence-corrected chi connectivity index (χ3v) is 3.93. The molecule has 0 spiro atoms. The fourth-order valence-electron chi connectivity index (χ4n) is 2.50. The molecule has 0 aliphatic heterocycles. The maximum absolute atomic E-state index is 11.3. The number of hydrogen-bond donors (Lipinski definition) is 0. The van der Waals surface area contributed by atoms with E-state index in [0.29, 0.717) is 30.3 Å². The molecular formula is C18H16ClN3O3. The molecule has 0 saturated carbocycles. The van der Waals surface area contributed by atoms with Gasteiger partial charge in [0.25, 0.3) is 5.69 Å². The summed E-state index contributed by atoms with van der Waals surface area (Å²) in [5.74, 6) is 0. The second kappa shape index (κ2) is 7.92. The summed E-state index contributed by atoms with van der Waals surface area (Å²) in [5.41, 5.74) is 2.24. The summed E-state index contributed by atoms with van der Waals surface area (Å²) >= 11 is 5.87. The molecule has 0 N–H and O–H groups in total. The molecule has 3 aromatic rings. The minimum atomic E-state index is -0.460. The Morgan fingerprint density at radius 2 is 1.96 bits per heavy atom. The number of nitro groups is 1. The van der Waals surface area contributed by atoms with E-state index in [1.807, 2.05) is 36.4 Å². The van der Waals surface area contributed by atoms with Crippen molar-refractivity contribution in [3.8, 4) is 5.69 Å². The standard InChI is InChI=1S/C18H16ClN3O3/c19-15-6-7-17(18(12-15)22(23)24)21-16(8-10-20-21)9-11-25-13-14-4-2-1-3-5-14/h1-8,10,12H,9,11,13H2. The summed E-state index contributed by atoms with van der Waals surface area (Å²) in [6.07, 6.45) is 2.21. The number of rotatable bonds is 7. The van der Waals surface area contributed by atoms with Gasteiger partial charge in [-0.25, -0.2) is 4.68 Å². The largest absolute Gasteiger partial charge is 0.376 e. The molecule has 0 aliphatic carbocycles. The van der Waals surface area contributed by atoms with Crippen LogP contribution in [0.15, 0.2) is 60.8 Å². The summed E-state index contributed by atoms with van der Waals surface area (Å²) in [7, 11) is 0. The lowest BCUT2D eigenvalue weighted by Crippen LogP contribution is -2.08. The molecule has 0 amide bonds. The predicted octanol–water partition coefficient (Wildman–Crippen LogP) is 4.19. The van der Waals surface area contributed by atoms with Crippen LogP contribution in [0.5, 0.6) is 0 Å². The summed E-state index contributed by atoms with van der Waals surface area (Å²) < 4.78 is 7.24. The molecule has 0 aliphatic rings. The van der Waals surface area contributed by atoms with Crippen LogP contribution in [0.4, 0.5) is 5.69 Å². The van der Waals surface area contributed by atoms with Gasteiger partial charge in [-0.1, -0.05) is 41.9 Å². The maximum Gasteiger partial charge on any atom is 0.296 e. The van der Waals surface area contributed by atoms with Crippen molar-refractivity contribution in [3.05, 3.63) is 87.2 Å². The van der Waals surface area contributed by atoms with Crippen molar-refractivity contribution in [2.24, 2.45) is 0 Å². The normalized spacial score (nSPS) is 10.8. The lowest BCUT2D eigenvalue weighted by Gasteiger charge is -2.09. The molecule has 0 saturated heterocycles. The number of halogens is 1. The van der Waals surface area contributed by atoms with Crippen molar-refractivity contribution >= 4 is 17.3 Å². The van der Waals surface area contributed by atoms with Crippen LogP contribution in [0.25, 0.3) is 5.69 Å². The van der Waals surface area contributed by atoms with Crippen LogP contribution >= 0.6 is 11.6 Å². The Labute approximate surface area is 149 Å². The Morgan fingerprint density at radius 3 is 2.72 bits per heavy atom. The zero-order chi connectivity index (χ0) is 17.6. The Balaban J connectivity index is 1.70. The zero-order valence-corrected chi connectivity index (χ0v) is 14.1. The third kappa shape index (κ3) is 4.23. The molecule has 3 rings (SSSR count). The van der Waals surface area contributed by atoms with Crippen LogP contribution in [0.2, 0.25) is 5.02 Å². The Bertz CT molecular complexity index is 865. The third-order valence-electron chi connectivity index (χ3n) is 3.70. The van der Waals surface area contributed by atoms with E-state index in [1.54, 1.807) is 23.0 Å². The smallest absolute Gasteiger partial charge is 0.296 e. The van der Waals surface area contributed by atoms with Crippen molar-refractivity contribution < 1.29 is 9.66 Å². The molecule has 128 valence electrons. The molecule has 2 aromatic carbocycles. The van der Waals surface area contributed by atoms with Gasteiger partial charge in [-0.05, 0) is 23.8 Å². The van der Waals surface area contributed by atoms with Crippen LogP contribution in [-0.2, 0) is 17.8 Å². The van der Waals surface area contributed by atoms with Crippen molar-refractivity contribution in [3.63, 3.8) is 0 Å². The quantitative estimate of drug-likeness (QED) is 0.361. The molecule has 0 radical (unpaired) electrons. The molecule has 7 heteroatoms. The van der Waals surface area contributed by atoms with Crippen LogP contribution in [0.3, 0.4) is 0 Å². The van der Waals surface area contributed by atoms with Gasteiger partial charge in [0.15, 0.2) is 0 Å². The highest BCUT2D eigenvalue weighted by atomic mass is 35.5. The molecule has 6 nitrogen and oxygen atoms in total. The Kier molecular flexibility index (Phi) is 5.42. The molecule has 0 fully saturated rings. The first-order chi connectivity index (χ1) is 12.1. The minimum absolute atomic E-state index is 0.0809. The Morgan fingerprint density at radius 1 is 1.16 bits per heavy atom. The molecule has 25 heavy (non-hydrogen) atoms. The first kappa shape index (κ1) is 17.1. The van der Waals surface area contributed by atoms with E-state index in [1.165, 1.54) is 6.07 Å². The van der Waals surface area contributed by atoms with E-state index < -0.39 is 4.92 Å². The molecular weight excluding hydrogens is 342 g/mol. The van der Waals surface area contributed by atoms with Gasteiger partial charge in [-0.15, -0.1) is 0 Å². The van der Waals surface area contributed by atoms with E-state index in [4.69, 9.17) is 16.3 Å². The minimum Gasteiger partial charge on any atom is -0.376 e. The second-order valence-electron chi connectivity index (χ2n) is 5.41. The van der Waals surface area contributed by atoms with Gasteiger partial charge >= 0.3 is 0 Å². The molecule has 1 aromatic heterocycles. The average Bonchev–Trinajstić information content (AvgIpc) is 3.08. The van der Waals surface area contributed by atoms with Gasteiger partial charge in [0.1, 0.15) is 5.69 Å². The van der Waals surface area contributed by atoms with Crippen LogP contribution in [-0.4, -0.2) is 21.3 Å². The van der Waals surface area contributed by atoms with Gasteiger partial charge in [-0.3, -0.25) is 10.1 Å². The first-order valence-electron chi connectivity index (χ1n) is 7.74. The van der Waals surface area contributed by atoms with E-state index in [0.717, 1.165) is 11.3 Å². The van der Waals surface area contributed by atoms with Crippen molar-refractivity contribution in [1.29, 1.82) is 0 Å². The fourth-order valence-corrected chi connectivity index (χ4v) is 2.67. The zero-order valence-electron chi connectivity index (χ0n) is 13.3. The monoisotopic (exact) mass is 357 g/mol. The first-order valence-corrected chi connectivity index (χ1v) is 8.12. The SMILES string of the molecule is O=[N+]([O-])c1cc(Cl)ccc1-n1nccc1CCOCc1ccccc1. The highest BCUT2D eigenvalue weighted by Crippen LogP contribution is 2.27. The number of ether oxygens (including phenoxy) is 1. The lowest BCUT2D eigenvalue weighted by molar-refractivity contribution is -0.384. The van der Waals surface area contributed by atoms with Crippen molar-refractivity contribution in [1.82, 2.24) is 9.78 Å². The molecule has 0 unspecified atom stereocenters. The summed E-state index contributed by atoms with van der Waals surface area (Å²) in [6.45, 7) is 1.01. The van der Waals surface area contributed by atoms with E-state index >= 15 is 0 Å². The van der Waals surface area contributed by atoms with Gasteiger partial charge in [-0.2, -0.15) is 5.10 Å². The van der Waals surface area contributed by atoms with Crippen molar-refractivity contribution in [2.45, 2.75) is 13.0 Å². The van der Waals surface area contributed by atoms with E-state index in [-0.39, 0.29) is 5.69 Å². The fraction of sp³-hybridized carbons (Fsp3) is 0.167. The van der Waals surface area contributed by atoms with Gasteiger partial charge in [0.2, 0.25) is 0 Å². The van der Waals surface area contributed by atoms with Crippen molar-refractivity contribution in [2.75, 3.05) is 6.61 Å². The van der Waals surface area contributed by atoms with Gasteiger partial charge < -0.3 is 4.74 Å². The maximum atomic E-state index is 11.3. The molecule has 1 heterocycles. The highest BCUT2D eigenvalue weighted by Gasteiger charge is 2.18. The van der Waals surface area contributed by atoms with E-state index in [2.05, 4.69) is 5.10 Å². The summed E-state index contributed by atoms with van der Waals surface area (Å²) in [5, 5.41) is 15.8. The van der Waals surface area contributed by atoms with Crippen LogP contribution < -0.4 is 0 Å². The van der Waals surface area contributed by atoms with Crippen LogP contribution in [0.1, 0.15) is 11.3 Å². The molecule has 0 atom stereocenters. The second-order valence-corrected chi connectivity index (χ2v) is 5.85. The predicted molar refractivity (Wildman–Crippen MR) is 95.0 cm³/mol. The highest BCUT2D eigenvalue weighted by molar-refractivity contribution is 6.30. The van der Waals surface area contributed by atoms with Crippen LogP contribution in [0, 0.1) is 10.1 Å². The number of benzene rings is 2. The summed E-state index contributed by atoms with van der Waals surface area (Å²) in [6, 6.07) is 16.3. The van der Waals surface area contributed by atoms with Gasteiger partial charge in [0, 0.05) is 29.4 Å². The number of aromatic nitrogens is 2. The van der Waals surface area contributed by atoms with E-state index in [9.17, 15) is 10.1 Å². The number of nitrogens with zero attached hydrogens (tertiary/aromatic N) is 3. The topological polar surface area (TPSA) is 70.2 Å². The number of nitro benzene ring substituents is 1. The lowest BCUT2D eigenvalue weighted by atomic mass is 10.2. The average molecular weight is 358 g/mol. The van der Waals surface area contributed by atoms with Gasteiger partial charge in [0.05, 0.1) is 18.1 Å². The number of hydrogen-bond acceptors (Lipinski definition) is 4. The Hall–Kier alpha value is -2.70. The molecule has 0 bridgehead atoms.